The maximum atomic E-state index is 12.1. The molecule has 2 rings (SSSR count). The van der Waals surface area contributed by atoms with Crippen molar-refractivity contribution in [2.24, 2.45) is 0 Å². The van der Waals surface area contributed by atoms with E-state index in [9.17, 15) is 4.79 Å². The molecule has 1 amide bonds. The van der Waals surface area contributed by atoms with Crippen LogP contribution >= 0.6 is 0 Å². The van der Waals surface area contributed by atoms with Gasteiger partial charge < -0.3 is 11.1 Å². The molecule has 5 heteroatoms. The van der Waals surface area contributed by atoms with Gasteiger partial charge in [0.2, 0.25) is 0 Å². The number of carbonyl (C=O) groups is 1. The number of hydrogen-bond acceptors (Lipinski definition) is 3. The van der Waals surface area contributed by atoms with E-state index >= 15 is 0 Å². The largest absolute Gasteiger partial charge is 0.399 e. The predicted octanol–water partition coefficient (Wildman–Crippen LogP) is 2.05. The first-order valence-electron chi connectivity index (χ1n) is 5.80. The Kier molecular flexibility index (Phi) is 3.32. The van der Waals surface area contributed by atoms with Crippen LogP contribution in [0.1, 0.15) is 22.8 Å². The van der Waals surface area contributed by atoms with Gasteiger partial charge in [-0.2, -0.15) is 5.10 Å². The van der Waals surface area contributed by atoms with E-state index in [4.69, 9.17) is 5.73 Å². The van der Waals surface area contributed by atoms with E-state index < -0.39 is 0 Å². The van der Waals surface area contributed by atoms with E-state index in [0.29, 0.717) is 16.9 Å². The van der Waals surface area contributed by atoms with Gasteiger partial charge in [0, 0.05) is 24.0 Å². The minimum Gasteiger partial charge on any atom is -0.399 e. The zero-order valence-corrected chi connectivity index (χ0v) is 10.5. The summed E-state index contributed by atoms with van der Waals surface area (Å²) >= 11 is 0. The van der Waals surface area contributed by atoms with E-state index in [1.54, 1.807) is 35.3 Å². The summed E-state index contributed by atoms with van der Waals surface area (Å²) in [7, 11) is 0. The van der Waals surface area contributed by atoms with Crippen molar-refractivity contribution in [2.75, 3.05) is 11.1 Å². The number of amides is 1. The van der Waals surface area contributed by atoms with Crippen LogP contribution in [-0.4, -0.2) is 15.7 Å². The quantitative estimate of drug-likeness (QED) is 0.811. The number of nitrogens with zero attached hydrogens (tertiary/aromatic N) is 2. The smallest absolute Gasteiger partial charge is 0.256 e. The topological polar surface area (TPSA) is 72.9 Å². The van der Waals surface area contributed by atoms with Crippen LogP contribution in [0.3, 0.4) is 0 Å². The van der Waals surface area contributed by atoms with Gasteiger partial charge in [0.25, 0.3) is 5.91 Å². The Hall–Kier alpha value is -2.30. The van der Waals surface area contributed by atoms with Gasteiger partial charge in [-0.05, 0) is 37.6 Å². The molecule has 5 nitrogen and oxygen atoms in total. The first-order valence-corrected chi connectivity index (χ1v) is 5.80. The first kappa shape index (κ1) is 12.2. The molecule has 0 saturated carbocycles. The highest BCUT2D eigenvalue weighted by Gasteiger charge is 2.10. The Bertz CT molecular complexity index is 574. The molecule has 0 aliphatic rings. The van der Waals surface area contributed by atoms with Crippen LogP contribution in [0.4, 0.5) is 11.4 Å². The van der Waals surface area contributed by atoms with Crippen LogP contribution in [-0.2, 0) is 6.54 Å². The molecule has 2 aromatic rings. The van der Waals surface area contributed by atoms with Crippen molar-refractivity contribution < 1.29 is 4.79 Å². The van der Waals surface area contributed by atoms with Crippen LogP contribution in [0.15, 0.2) is 30.6 Å². The Morgan fingerprint density at radius 3 is 2.89 bits per heavy atom. The van der Waals surface area contributed by atoms with Crippen molar-refractivity contribution in [3.63, 3.8) is 0 Å². The second-order valence-corrected chi connectivity index (χ2v) is 4.11. The molecule has 0 radical (unpaired) electrons. The van der Waals surface area contributed by atoms with Crippen molar-refractivity contribution >= 4 is 17.3 Å². The minimum absolute atomic E-state index is 0.150. The monoisotopic (exact) mass is 244 g/mol. The summed E-state index contributed by atoms with van der Waals surface area (Å²) in [4.78, 5) is 12.1. The molecule has 0 spiro atoms. The predicted molar refractivity (Wildman–Crippen MR) is 71.4 cm³/mol. The fourth-order valence-electron chi connectivity index (χ4n) is 1.74. The van der Waals surface area contributed by atoms with E-state index in [1.165, 1.54) is 0 Å². The lowest BCUT2D eigenvalue weighted by Crippen LogP contribution is -2.13. The molecule has 3 N–H and O–H groups in total. The van der Waals surface area contributed by atoms with Gasteiger partial charge in [-0.15, -0.1) is 0 Å². The van der Waals surface area contributed by atoms with Crippen LogP contribution in [0.5, 0.6) is 0 Å². The second-order valence-electron chi connectivity index (χ2n) is 4.11. The van der Waals surface area contributed by atoms with E-state index in [0.717, 1.165) is 12.1 Å². The molecule has 18 heavy (non-hydrogen) atoms. The number of nitrogens with one attached hydrogen (secondary N) is 1. The first-order chi connectivity index (χ1) is 8.60. The molecule has 1 aromatic carbocycles. The number of nitrogen functional groups attached to an aromatic ring is 1. The SMILES string of the molecule is CCn1cc(NC(=O)c2ccc(N)cc2C)cn1. The molecule has 0 unspecified atom stereocenters. The third-order valence-corrected chi connectivity index (χ3v) is 2.71. The van der Waals surface area contributed by atoms with Crippen LogP contribution < -0.4 is 11.1 Å². The van der Waals surface area contributed by atoms with Gasteiger partial charge in [0.15, 0.2) is 0 Å². The number of aromatic nitrogens is 2. The van der Waals surface area contributed by atoms with Crippen LogP contribution in [0.25, 0.3) is 0 Å². The maximum absolute atomic E-state index is 12.1. The van der Waals surface area contributed by atoms with Crippen molar-refractivity contribution in [3.8, 4) is 0 Å². The highest BCUT2D eigenvalue weighted by atomic mass is 16.1. The number of benzene rings is 1. The third kappa shape index (κ3) is 2.51. The van der Waals surface area contributed by atoms with Crippen molar-refractivity contribution in [1.29, 1.82) is 0 Å². The highest BCUT2D eigenvalue weighted by Crippen LogP contribution is 2.14. The fraction of sp³-hybridized carbons (Fsp3) is 0.231. The van der Waals surface area contributed by atoms with Gasteiger partial charge in [-0.25, -0.2) is 0 Å². The molecule has 0 saturated heterocycles. The van der Waals surface area contributed by atoms with Crippen molar-refractivity contribution in [1.82, 2.24) is 9.78 Å². The molecule has 0 aliphatic heterocycles. The molecule has 94 valence electrons. The van der Waals surface area contributed by atoms with Gasteiger partial charge in [0.05, 0.1) is 11.9 Å². The van der Waals surface area contributed by atoms with Gasteiger partial charge in [-0.1, -0.05) is 0 Å². The standard InChI is InChI=1S/C13H16N4O/c1-3-17-8-11(7-15-17)16-13(18)12-5-4-10(14)6-9(12)2/h4-8H,3,14H2,1-2H3,(H,16,18). The molecule has 0 bridgehead atoms. The summed E-state index contributed by atoms with van der Waals surface area (Å²) < 4.78 is 1.76. The Morgan fingerprint density at radius 1 is 1.50 bits per heavy atom. The summed E-state index contributed by atoms with van der Waals surface area (Å²) in [6, 6.07) is 5.23. The Labute approximate surface area is 106 Å². The fourth-order valence-corrected chi connectivity index (χ4v) is 1.74. The van der Waals surface area contributed by atoms with E-state index in [1.807, 2.05) is 13.8 Å². The van der Waals surface area contributed by atoms with Crippen LogP contribution in [0, 0.1) is 6.92 Å². The summed E-state index contributed by atoms with van der Waals surface area (Å²) in [6.45, 7) is 4.63. The van der Waals surface area contributed by atoms with E-state index in [-0.39, 0.29) is 5.91 Å². The van der Waals surface area contributed by atoms with Crippen molar-refractivity contribution in [3.05, 3.63) is 41.7 Å². The third-order valence-electron chi connectivity index (χ3n) is 2.71. The number of carbonyl (C=O) groups excluding carboxylic acids is 1. The molecule has 1 heterocycles. The minimum atomic E-state index is -0.150. The lowest BCUT2D eigenvalue weighted by atomic mass is 10.1. The molecule has 0 fully saturated rings. The van der Waals surface area contributed by atoms with Crippen LogP contribution in [0.2, 0.25) is 0 Å². The zero-order valence-electron chi connectivity index (χ0n) is 10.5. The average Bonchev–Trinajstić information content (AvgIpc) is 2.76. The lowest BCUT2D eigenvalue weighted by molar-refractivity contribution is 0.102. The van der Waals surface area contributed by atoms with Gasteiger partial charge in [0.1, 0.15) is 0 Å². The molecule has 1 aromatic heterocycles. The summed E-state index contributed by atoms with van der Waals surface area (Å²) in [5.41, 5.74) is 8.48. The maximum Gasteiger partial charge on any atom is 0.256 e. The number of anilines is 2. The Morgan fingerprint density at radius 2 is 2.28 bits per heavy atom. The molecular formula is C13H16N4O. The van der Waals surface area contributed by atoms with Crippen molar-refractivity contribution in [2.45, 2.75) is 20.4 Å². The number of rotatable bonds is 3. The number of hydrogen-bond donors (Lipinski definition) is 2. The second kappa shape index (κ2) is 4.91. The summed E-state index contributed by atoms with van der Waals surface area (Å²) in [6.07, 6.45) is 3.43. The highest BCUT2D eigenvalue weighted by molar-refractivity contribution is 6.05. The molecule has 0 aliphatic carbocycles. The van der Waals surface area contributed by atoms with Gasteiger partial charge >= 0.3 is 0 Å². The average molecular weight is 244 g/mol. The summed E-state index contributed by atoms with van der Waals surface area (Å²) in [5, 5.41) is 6.91. The normalized spacial score (nSPS) is 10.3. The number of nitrogens with two attached hydrogens (primary N) is 1. The molecule has 0 atom stereocenters. The summed E-state index contributed by atoms with van der Waals surface area (Å²) in [5.74, 6) is -0.150. The van der Waals surface area contributed by atoms with Gasteiger partial charge in [-0.3, -0.25) is 9.48 Å². The molecular weight excluding hydrogens is 228 g/mol. The Balaban J connectivity index is 2.16. The van der Waals surface area contributed by atoms with E-state index in [2.05, 4.69) is 10.4 Å². The number of aryl methyl sites for hydroxylation is 2. The lowest BCUT2D eigenvalue weighted by Gasteiger charge is -2.06. The zero-order chi connectivity index (χ0) is 13.1.